The van der Waals surface area contributed by atoms with Crippen molar-refractivity contribution >= 4 is 27.6 Å². The van der Waals surface area contributed by atoms with Crippen LogP contribution in [0.15, 0.2) is 83.8 Å². The molecule has 3 amide bonds. The van der Waals surface area contributed by atoms with Crippen LogP contribution >= 0.6 is 0 Å². The third kappa shape index (κ3) is 5.68. The zero-order valence-corrected chi connectivity index (χ0v) is 17.1. The summed E-state index contributed by atoms with van der Waals surface area (Å²) in [6.07, 6.45) is 0. The molecule has 154 valence electrons. The topological polar surface area (TPSA) is 104 Å². The maximum atomic E-state index is 12.4. The zero-order chi connectivity index (χ0) is 21.6. The molecule has 0 spiro atoms. The summed E-state index contributed by atoms with van der Waals surface area (Å²) in [5.41, 5.74) is 2.35. The van der Waals surface area contributed by atoms with E-state index in [0.29, 0.717) is 17.8 Å². The third-order valence-corrected chi connectivity index (χ3v) is 5.53. The molecule has 0 bridgehead atoms. The quantitative estimate of drug-likeness (QED) is 0.565. The van der Waals surface area contributed by atoms with Crippen molar-refractivity contribution in [3.05, 3.63) is 95.6 Å². The number of urea groups is 1. The third-order valence-electron chi connectivity index (χ3n) is 4.21. The first-order valence-electron chi connectivity index (χ1n) is 9.16. The van der Waals surface area contributed by atoms with Crippen LogP contribution in [0.25, 0.3) is 0 Å². The largest absolute Gasteiger partial charge is 0.348 e. The van der Waals surface area contributed by atoms with Crippen molar-refractivity contribution < 1.29 is 18.0 Å². The minimum atomic E-state index is -4.01. The molecule has 0 radical (unpaired) electrons. The predicted molar refractivity (Wildman–Crippen MR) is 115 cm³/mol. The van der Waals surface area contributed by atoms with Crippen molar-refractivity contribution in [1.29, 1.82) is 0 Å². The highest BCUT2D eigenvalue weighted by molar-refractivity contribution is 7.90. The van der Waals surface area contributed by atoms with Gasteiger partial charge >= 0.3 is 6.03 Å². The van der Waals surface area contributed by atoms with Crippen molar-refractivity contribution in [3.63, 3.8) is 0 Å². The Bertz CT molecular complexity index is 1160. The van der Waals surface area contributed by atoms with Crippen molar-refractivity contribution in [2.75, 3.05) is 5.32 Å². The smallest absolute Gasteiger partial charge is 0.333 e. The minimum Gasteiger partial charge on any atom is -0.348 e. The SMILES string of the molecule is Cc1cccc(S(=O)(=O)NC(=O)Nc2cccc(C(=O)NCc3ccccc3)c2)c1. The Morgan fingerprint density at radius 3 is 2.33 bits per heavy atom. The van der Waals surface area contributed by atoms with E-state index in [2.05, 4.69) is 10.6 Å². The molecule has 0 saturated carbocycles. The second kappa shape index (κ2) is 9.23. The van der Waals surface area contributed by atoms with Gasteiger partial charge < -0.3 is 10.6 Å². The normalized spacial score (nSPS) is 10.8. The number of amides is 3. The molecular formula is C22H21N3O4S. The van der Waals surface area contributed by atoms with E-state index >= 15 is 0 Å². The van der Waals surface area contributed by atoms with E-state index in [0.717, 1.165) is 11.1 Å². The molecule has 0 saturated heterocycles. The summed E-state index contributed by atoms with van der Waals surface area (Å²) in [7, 11) is -4.01. The van der Waals surface area contributed by atoms with Crippen molar-refractivity contribution in [3.8, 4) is 0 Å². The van der Waals surface area contributed by atoms with Crippen LogP contribution in [0.3, 0.4) is 0 Å². The molecule has 0 atom stereocenters. The van der Waals surface area contributed by atoms with Crippen LogP contribution in [0.1, 0.15) is 21.5 Å². The molecule has 8 heteroatoms. The average molecular weight is 423 g/mol. The standard InChI is InChI=1S/C22H21N3O4S/c1-16-7-5-12-20(13-16)30(28,29)25-22(27)24-19-11-6-10-18(14-19)21(26)23-15-17-8-3-2-4-9-17/h2-14H,15H2,1H3,(H,23,26)(H2,24,25,27). The molecule has 0 aliphatic carbocycles. The number of hydrogen-bond acceptors (Lipinski definition) is 4. The first-order valence-corrected chi connectivity index (χ1v) is 10.6. The molecule has 0 unspecified atom stereocenters. The van der Waals surface area contributed by atoms with E-state index in [1.165, 1.54) is 18.2 Å². The maximum absolute atomic E-state index is 12.4. The van der Waals surface area contributed by atoms with E-state index in [-0.39, 0.29) is 10.8 Å². The minimum absolute atomic E-state index is 0.00769. The van der Waals surface area contributed by atoms with Gasteiger partial charge in [-0.25, -0.2) is 17.9 Å². The molecule has 30 heavy (non-hydrogen) atoms. The van der Waals surface area contributed by atoms with E-state index in [9.17, 15) is 18.0 Å². The number of benzene rings is 3. The summed E-state index contributed by atoms with van der Waals surface area (Å²) >= 11 is 0. The Kier molecular flexibility index (Phi) is 6.48. The first kappa shape index (κ1) is 21.1. The van der Waals surface area contributed by atoms with Crippen LogP contribution in [0, 0.1) is 6.92 Å². The number of aryl methyl sites for hydroxylation is 1. The van der Waals surface area contributed by atoms with Gasteiger partial charge in [0.25, 0.3) is 15.9 Å². The van der Waals surface area contributed by atoms with Crippen LogP contribution < -0.4 is 15.4 Å². The molecule has 3 N–H and O–H groups in total. The number of sulfonamides is 1. The van der Waals surface area contributed by atoms with Gasteiger partial charge in [-0.15, -0.1) is 0 Å². The van der Waals surface area contributed by atoms with Gasteiger partial charge in [-0.05, 0) is 48.4 Å². The lowest BCUT2D eigenvalue weighted by molar-refractivity contribution is 0.0951. The number of carbonyl (C=O) groups excluding carboxylic acids is 2. The second-order valence-corrected chi connectivity index (χ2v) is 8.31. The second-order valence-electron chi connectivity index (χ2n) is 6.63. The van der Waals surface area contributed by atoms with Crippen LogP contribution in [0.4, 0.5) is 10.5 Å². The van der Waals surface area contributed by atoms with Crippen LogP contribution in [-0.4, -0.2) is 20.4 Å². The van der Waals surface area contributed by atoms with Gasteiger partial charge in [0.2, 0.25) is 0 Å². The number of nitrogens with one attached hydrogen (secondary N) is 3. The van der Waals surface area contributed by atoms with Crippen molar-refractivity contribution in [2.24, 2.45) is 0 Å². The van der Waals surface area contributed by atoms with E-state index in [1.807, 2.05) is 35.1 Å². The summed E-state index contributed by atoms with van der Waals surface area (Å²) in [6.45, 7) is 2.12. The Labute approximate surface area is 175 Å². The van der Waals surface area contributed by atoms with Crippen LogP contribution in [-0.2, 0) is 16.6 Å². The summed E-state index contributed by atoms with van der Waals surface area (Å²) < 4.78 is 26.7. The van der Waals surface area contributed by atoms with Crippen LogP contribution in [0.5, 0.6) is 0 Å². The van der Waals surface area contributed by atoms with Gasteiger partial charge in [0, 0.05) is 17.8 Å². The van der Waals surface area contributed by atoms with Gasteiger partial charge in [0.15, 0.2) is 0 Å². The Morgan fingerprint density at radius 1 is 0.867 bits per heavy atom. The van der Waals surface area contributed by atoms with Crippen LogP contribution in [0.2, 0.25) is 0 Å². The van der Waals surface area contributed by atoms with Gasteiger partial charge in [-0.3, -0.25) is 4.79 Å². The molecule has 0 aromatic heterocycles. The van der Waals surface area contributed by atoms with E-state index < -0.39 is 16.1 Å². The summed E-state index contributed by atoms with van der Waals surface area (Å²) in [4.78, 5) is 24.5. The number of carbonyl (C=O) groups is 2. The average Bonchev–Trinajstić information content (AvgIpc) is 2.72. The highest BCUT2D eigenvalue weighted by atomic mass is 32.2. The highest BCUT2D eigenvalue weighted by Crippen LogP contribution is 2.13. The van der Waals surface area contributed by atoms with E-state index in [4.69, 9.17) is 0 Å². The van der Waals surface area contributed by atoms with Gasteiger partial charge in [0.1, 0.15) is 0 Å². The molecule has 3 aromatic carbocycles. The van der Waals surface area contributed by atoms with E-state index in [1.54, 1.807) is 37.3 Å². The Balaban J connectivity index is 1.63. The lowest BCUT2D eigenvalue weighted by atomic mass is 10.1. The fourth-order valence-electron chi connectivity index (χ4n) is 2.74. The molecule has 0 fully saturated rings. The molecule has 0 heterocycles. The zero-order valence-electron chi connectivity index (χ0n) is 16.3. The van der Waals surface area contributed by atoms with Gasteiger partial charge in [-0.1, -0.05) is 48.5 Å². The van der Waals surface area contributed by atoms with Crippen molar-refractivity contribution in [1.82, 2.24) is 10.0 Å². The van der Waals surface area contributed by atoms with Gasteiger partial charge in [-0.2, -0.15) is 0 Å². The molecule has 0 aliphatic heterocycles. The van der Waals surface area contributed by atoms with Crippen molar-refractivity contribution in [2.45, 2.75) is 18.4 Å². The highest BCUT2D eigenvalue weighted by Gasteiger charge is 2.18. The Morgan fingerprint density at radius 2 is 1.60 bits per heavy atom. The molecule has 3 aromatic rings. The number of hydrogen-bond donors (Lipinski definition) is 3. The Hall–Kier alpha value is -3.65. The summed E-state index contributed by atoms with van der Waals surface area (Å²) in [6, 6.07) is 21.0. The molecule has 7 nitrogen and oxygen atoms in total. The molecule has 3 rings (SSSR count). The first-order chi connectivity index (χ1) is 14.3. The summed E-state index contributed by atoms with van der Waals surface area (Å²) in [5.74, 6) is -0.310. The lowest BCUT2D eigenvalue weighted by Gasteiger charge is -2.10. The van der Waals surface area contributed by atoms with Gasteiger partial charge in [0.05, 0.1) is 4.90 Å². The molecular weight excluding hydrogens is 402 g/mol. The molecule has 0 aliphatic rings. The number of rotatable bonds is 6. The lowest BCUT2D eigenvalue weighted by Crippen LogP contribution is -2.34. The maximum Gasteiger partial charge on any atom is 0.333 e. The summed E-state index contributed by atoms with van der Waals surface area (Å²) in [5, 5.41) is 5.24. The fourth-order valence-corrected chi connectivity index (χ4v) is 3.75. The fraction of sp³-hybridized carbons (Fsp3) is 0.0909. The monoisotopic (exact) mass is 423 g/mol. The number of anilines is 1. The predicted octanol–water partition coefficient (Wildman–Crippen LogP) is 3.44.